The van der Waals surface area contributed by atoms with E-state index in [0.29, 0.717) is 28.8 Å². The molecule has 0 saturated carbocycles. The van der Waals surface area contributed by atoms with Gasteiger partial charge in [-0.3, -0.25) is 14.6 Å². The predicted molar refractivity (Wildman–Crippen MR) is 105 cm³/mol. The first kappa shape index (κ1) is 18.8. The smallest absolute Gasteiger partial charge is 0.234 e. The molecule has 2 aromatic heterocycles. The van der Waals surface area contributed by atoms with Gasteiger partial charge in [0.05, 0.1) is 5.75 Å². The Labute approximate surface area is 161 Å². The SMILES string of the molecule is CCn1c(SCC(=O)Nc2ccccc2)nnc1-c1cc(C(C)=O)ccn1. The Hall–Kier alpha value is -3.00. The molecule has 0 aliphatic rings. The minimum Gasteiger partial charge on any atom is -0.325 e. The number of thioether (sulfide) groups is 1. The Morgan fingerprint density at radius 1 is 1.15 bits per heavy atom. The first-order valence-electron chi connectivity index (χ1n) is 8.46. The highest BCUT2D eigenvalue weighted by Crippen LogP contribution is 2.23. The summed E-state index contributed by atoms with van der Waals surface area (Å²) in [5, 5.41) is 11.9. The van der Waals surface area contributed by atoms with Crippen molar-refractivity contribution in [3.8, 4) is 11.5 Å². The van der Waals surface area contributed by atoms with Gasteiger partial charge >= 0.3 is 0 Å². The van der Waals surface area contributed by atoms with E-state index in [2.05, 4.69) is 20.5 Å². The molecule has 0 bridgehead atoms. The van der Waals surface area contributed by atoms with E-state index in [9.17, 15) is 9.59 Å². The van der Waals surface area contributed by atoms with E-state index >= 15 is 0 Å². The van der Waals surface area contributed by atoms with E-state index in [1.165, 1.54) is 18.7 Å². The monoisotopic (exact) mass is 381 g/mol. The van der Waals surface area contributed by atoms with E-state index in [1.54, 1.807) is 18.3 Å². The van der Waals surface area contributed by atoms with Crippen LogP contribution in [0.2, 0.25) is 0 Å². The molecule has 0 aliphatic carbocycles. The Bertz CT molecular complexity index is 956. The number of Topliss-reactive ketones (excluding diaryl/α,β-unsaturated/α-hetero) is 1. The van der Waals surface area contributed by atoms with Crippen molar-refractivity contribution in [2.45, 2.75) is 25.5 Å². The number of pyridine rings is 1. The van der Waals surface area contributed by atoms with Crippen molar-refractivity contribution < 1.29 is 9.59 Å². The number of nitrogens with one attached hydrogen (secondary N) is 1. The average molecular weight is 381 g/mol. The van der Waals surface area contributed by atoms with Gasteiger partial charge < -0.3 is 9.88 Å². The van der Waals surface area contributed by atoms with Gasteiger partial charge in [0.15, 0.2) is 16.8 Å². The number of ketones is 1. The number of carbonyl (C=O) groups excluding carboxylic acids is 2. The Kier molecular flexibility index (Phi) is 5.97. The third kappa shape index (κ3) is 4.59. The summed E-state index contributed by atoms with van der Waals surface area (Å²) in [6, 6.07) is 12.7. The average Bonchev–Trinajstić information content (AvgIpc) is 3.10. The van der Waals surface area contributed by atoms with Gasteiger partial charge in [0.25, 0.3) is 0 Å². The fraction of sp³-hybridized carbons (Fsp3) is 0.211. The van der Waals surface area contributed by atoms with Gasteiger partial charge in [-0.25, -0.2) is 0 Å². The van der Waals surface area contributed by atoms with E-state index in [4.69, 9.17) is 0 Å². The number of hydrogen-bond acceptors (Lipinski definition) is 6. The maximum Gasteiger partial charge on any atom is 0.234 e. The first-order chi connectivity index (χ1) is 13.1. The molecule has 0 radical (unpaired) electrons. The van der Waals surface area contributed by atoms with Crippen LogP contribution in [0.25, 0.3) is 11.5 Å². The second-order valence-corrected chi connectivity index (χ2v) is 6.68. The van der Waals surface area contributed by atoms with Crippen LogP contribution in [0, 0.1) is 0 Å². The van der Waals surface area contributed by atoms with Crippen molar-refractivity contribution in [3.63, 3.8) is 0 Å². The molecule has 0 aliphatic heterocycles. The van der Waals surface area contributed by atoms with Crippen molar-refractivity contribution >= 4 is 29.1 Å². The first-order valence-corrected chi connectivity index (χ1v) is 9.45. The van der Waals surface area contributed by atoms with E-state index < -0.39 is 0 Å². The molecule has 0 fully saturated rings. The van der Waals surface area contributed by atoms with Crippen LogP contribution >= 0.6 is 11.8 Å². The fourth-order valence-corrected chi connectivity index (χ4v) is 3.29. The number of carbonyl (C=O) groups is 2. The van der Waals surface area contributed by atoms with Gasteiger partial charge in [-0.2, -0.15) is 0 Å². The maximum atomic E-state index is 12.1. The van der Waals surface area contributed by atoms with Gasteiger partial charge in [-0.15, -0.1) is 10.2 Å². The van der Waals surface area contributed by atoms with Crippen LogP contribution in [-0.4, -0.2) is 37.2 Å². The molecule has 1 aromatic carbocycles. The van der Waals surface area contributed by atoms with Crippen molar-refractivity contribution in [2.24, 2.45) is 0 Å². The molecule has 138 valence electrons. The molecular weight excluding hydrogens is 362 g/mol. The Balaban J connectivity index is 1.73. The summed E-state index contributed by atoms with van der Waals surface area (Å²) in [4.78, 5) is 28.0. The van der Waals surface area contributed by atoms with E-state index in [-0.39, 0.29) is 17.4 Å². The van der Waals surface area contributed by atoms with Gasteiger partial charge in [0.2, 0.25) is 5.91 Å². The second-order valence-electron chi connectivity index (χ2n) is 5.74. The normalized spacial score (nSPS) is 10.6. The summed E-state index contributed by atoms with van der Waals surface area (Å²) in [5.74, 6) is 0.642. The molecule has 27 heavy (non-hydrogen) atoms. The lowest BCUT2D eigenvalue weighted by Crippen LogP contribution is -2.14. The number of benzene rings is 1. The summed E-state index contributed by atoms with van der Waals surface area (Å²) in [6.45, 7) is 4.10. The Morgan fingerprint density at radius 3 is 2.63 bits per heavy atom. The second kappa shape index (κ2) is 8.59. The predicted octanol–water partition coefficient (Wildman–Crippen LogP) is 3.29. The van der Waals surface area contributed by atoms with Gasteiger partial charge in [0.1, 0.15) is 5.69 Å². The lowest BCUT2D eigenvalue weighted by molar-refractivity contribution is -0.113. The summed E-state index contributed by atoms with van der Waals surface area (Å²) in [5.41, 5.74) is 1.91. The molecular formula is C19H19N5O2S. The number of rotatable bonds is 7. The third-order valence-corrected chi connectivity index (χ3v) is 4.79. The number of hydrogen-bond donors (Lipinski definition) is 1. The molecule has 0 atom stereocenters. The van der Waals surface area contributed by atoms with Crippen molar-refractivity contribution in [1.82, 2.24) is 19.7 Å². The molecule has 3 rings (SSSR count). The highest BCUT2D eigenvalue weighted by molar-refractivity contribution is 7.99. The minimum atomic E-state index is -0.116. The molecule has 3 aromatic rings. The molecule has 7 nitrogen and oxygen atoms in total. The van der Waals surface area contributed by atoms with Crippen LogP contribution in [0.4, 0.5) is 5.69 Å². The van der Waals surface area contributed by atoms with Crippen molar-refractivity contribution in [3.05, 3.63) is 54.2 Å². The van der Waals surface area contributed by atoms with E-state index in [0.717, 1.165) is 5.69 Å². The molecule has 8 heteroatoms. The van der Waals surface area contributed by atoms with Crippen LogP contribution in [0.3, 0.4) is 0 Å². The van der Waals surface area contributed by atoms with Crippen molar-refractivity contribution in [1.29, 1.82) is 0 Å². The molecule has 1 N–H and O–H groups in total. The van der Waals surface area contributed by atoms with Crippen LogP contribution in [0.15, 0.2) is 53.8 Å². The number of aromatic nitrogens is 4. The highest BCUT2D eigenvalue weighted by atomic mass is 32.2. The zero-order valence-corrected chi connectivity index (χ0v) is 15.9. The zero-order chi connectivity index (χ0) is 19.2. The third-order valence-electron chi connectivity index (χ3n) is 3.82. The van der Waals surface area contributed by atoms with Gasteiger partial charge in [-0.05, 0) is 38.1 Å². The Morgan fingerprint density at radius 2 is 1.93 bits per heavy atom. The number of para-hydroxylation sites is 1. The largest absolute Gasteiger partial charge is 0.325 e. The summed E-state index contributed by atoms with van der Waals surface area (Å²) < 4.78 is 1.88. The number of amides is 1. The molecule has 0 spiro atoms. The maximum absolute atomic E-state index is 12.1. The van der Waals surface area contributed by atoms with Crippen LogP contribution in [0.1, 0.15) is 24.2 Å². The van der Waals surface area contributed by atoms with Crippen LogP contribution < -0.4 is 5.32 Å². The van der Waals surface area contributed by atoms with Crippen LogP contribution in [-0.2, 0) is 11.3 Å². The summed E-state index contributed by atoms with van der Waals surface area (Å²) >= 11 is 1.31. The fourth-order valence-electron chi connectivity index (χ4n) is 2.49. The minimum absolute atomic E-state index is 0.0339. The van der Waals surface area contributed by atoms with E-state index in [1.807, 2.05) is 41.8 Å². The lowest BCUT2D eigenvalue weighted by Gasteiger charge is -2.08. The topological polar surface area (TPSA) is 89.8 Å². The van der Waals surface area contributed by atoms with Crippen LogP contribution in [0.5, 0.6) is 0 Å². The lowest BCUT2D eigenvalue weighted by atomic mass is 10.1. The molecule has 2 heterocycles. The molecule has 0 unspecified atom stereocenters. The van der Waals surface area contributed by atoms with Crippen molar-refractivity contribution in [2.75, 3.05) is 11.1 Å². The number of nitrogens with zero attached hydrogens (tertiary/aromatic N) is 4. The quantitative estimate of drug-likeness (QED) is 0.499. The zero-order valence-electron chi connectivity index (χ0n) is 15.0. The standard InChI is InChI=1S/C19H19N5O2S/c1-3-24-18(16-11-14(13(2)25)9-10-20-16)22-23-19(24)27-12-17(26)21-15-7-5-4-6-8-15/h4-11H,3,12H2,1-2H3,(H,21,26). The molecule has 1 amide bonds. The number of anilines is 1. The highest BCUT2D eigenvalue weighted by Gasteiger charge is 2.16. The van der Waals surface area contributed by atoms with Gasteiger partial charge in [-0.1, -0.05) is 30.0 Å². The van der Waals surface area contributed by atoms with Gasteiger partial charge in [0, 0.05) is 24.0 Å². The summed E-state index contributed by atoms with van der Waals surface area (Å²) in [6.07, 6.45) is 1.58. The summed E-state index contributed by atoms with van der Waals surface area (Å²) in [7, 11) is 0. The molecule has 0 saturated heterocycles.